The molecule has 8 heteroatoms. The monoisotopic (exact) mass is 396 g/mol. The second-order valence-corrected chi connectivity index (χ2v) is 9.68. The average molecular weight is 397 g/mol. The number of hydrogen-bond acceptors (Lipinski definition) is 5. The van der Waals surface area contributed by atoms with E-state index in [4.69, 9.17) is 9.84 Å². The molecule has 2 aliphatic rings. The number of likely N-dealkylation sites (N-methyl/N-ethyl adjacent to an activating group) is 1. The molecule has 0 radical (unpaired) electrons. The molecule has 0 bridgehead atoms. The zero-order chi connectivity index (χ0) is 19.4. The fourth-order valence-corrected chi connectivity index (χ4v) is 5.63. The van der Waals surface area contributed by atoms with Crippen molar-refractivity contribution in [2.75, 3.05) is 45.6 Å². The SMILES string of the molecule is CN(CC(=O)O)CC1CN(S(=O)(=O)CCC2Cc3ccccc3C2)CCO1. The molecule has 27 heavy (non-hydrogen) atoms. The highest BCUT2D eigenvalue weighted by atomic mass is 32.2. The molecule has 1 atom stereocenters. The predicted molar refractivity (Wildman–Crippen MR) is 102 cm³/mol. The molecule has 3 rings (SSSR count). The number of aliphatic carboxylic acids is 1. The van der Waals surface area contributed by atoms with Gasteiger partial charge in [0.1, 0.15) is 0 Å². The van der Waals surface area contributed by atoms with Gasteiger partial charge in [0.25, 0.3) is 0 Å². The molecule has 1 aromatic carbocycles. The van der Waals surface area contributed by atoms with Crippen molar-refractivity contribution in [3.05, 3.63) is 35.4 Å². The third-order valence-corrected chi connectivity index (χ3v) is 7.21. The summed E-state index contributed by atoms with van der Waals surface area (Å²) in [7, 11) is -1.63. The maximum atomic E-state index is 12.8. The molecule has 0 aromatic heterocycles. The molecule has 1 heterocycles. The molecule has 7 nitrogen and oxygen atoms in total. The summed E-state index contributed by atoms with van der Waals surface area (Å²) >= 11 is 0. The third-order valence-electron chi connectivity index (χ3n) is 5.34. The number of fused-ring (bicyclic) bond motifs is 1. The second-order valence-electron chi connectivity index (χ2n) is 7.59. The molecule has 1 aliphatic carbocycles. The minimum atomic E-state index is -3.33. The van der Waals surface area contributed by atoms with Crippen LogP contribution in [-0.4, -0.2) is 80.4 Å². The van der Waals surface area contributed by atoms with Crippen molar-refractivity contribution in [2.24, 2.45) is 5.92 Å². The maximum Gasteiger partial charge on any atom is 0.317 e. The van der Waals surface area contributed by atoms with E-state index in [0.717, 1.165) is 12.8 Å². The highest BCUT2D eigenvalue weighted by Crippen LogP contribution is 2.29. The molecule has 1 saturated heterocycles. The smallest absolute Gasteiger partial charge is 0.317 e. The predicted octanol–water partition coefficient (Wildman–Crippen LogP) is 0.839. The number of carboxylic acid groups (broad SMARTS) is 1. The number of sulfonamides is 1. The van der Waals surface area contributed by atoms with Crippen molar-refractivity contribution in [3.63, 3.8) is 0 Å². The molecular formula is C19H28N2O5S. The molecule has 0 saturated carbocycles. The van der Waals surface area contributed by atoms with Gasteiger partial charge in [-0.3, -0.25) is 9.69 Å². The van der Waals surface area contributed by atoms with Crippen molar-refractivity contribution in [3.8, 4) is 0 Å². The number of ether oxygens (including phenoxy) is 1. The van der Waals surface area contributed by atoms with Crippen LogP contribution in [0.1, 0.15) is 17.5 Å². The summed E-state index contributed by atoms with van der Waals surface area (Å²) in [5.41, 5.74) is 2.68. The van der Waals surface area contributed by atoms with Crippen LogP contribution in [0.2, 0.25) is 0 Å². The number of nitrogens with zero attached hydrogens (tertiary/aromatic N) is 2. The molecule has 1 unspecified atom stereocenters. The van der Waals surface area contributed by atoms with Gasteiger partial charge in [0.2, 0.25) is 10.0 Å². The zero-order valence-electron chi connectivity index (χ0n) is 15.7. The summed E-state index contributed by atoms with van der Waals surface area (Å²) in [5, 5.41) is 8.84. The van der Waals surface area contributed by atoms with E-state index in [1.807, 2.05) is 12.1 Å². The standard InChI is InChI=1S/C19H28N2O5S/c1-20(14-19(22)23)12-18-13-21(7-8-26-18)27(24,25)9-6-15-10-16-4-2-3-5-17(16)11-15/h2-5,15,18H,6-14H2,1H3,(H,22,23). The van der Waals surface area contributed by atoms with Gasteiger partial charge >= 0.3 is 5.97 Å². The van der Waals surface area contributed by atoms with Crippen LogP contribution in [0.25, 0.3) is 0 Å². The number of morpholine rings is 1. The fourth-order valence-electron chi connectivity index (χ4n) is 4.00. The molecule has 1 fully saturated rings. The number of rotatable bonds is 8. The summed E-state index contributed by atoms with van der Waals surface area (Å²) < 4.78 is 32.7. The minimum absolute atomic E-state index is 0.0884. The minimum Gasteiger partial charge on any atom is -0.480 e. The van der Waals surface area contributed by atoms with Gasteiger partial charge in [-0.2, -0.15) is 4.31 Å². The van der Waals surface area contributed by atoms with Gasteiger partial charge in [0.15, 0.2) is 0 Å². The topological polar surface area (TPSA) is 87.2 Å². The van der Waals surface area contributed by atoms with Gasteiger partial charge in [0, 0.05) is 19.6 Å². The van der Waals surface area contributed by atoms with E-state index >= 15 is 0 Å². The Kier molecular flexibility index (Phi) is 6.52. The third kappa shape index (κ3) is 5.51. The lowest BCUT2D eigenvalue weighted by molar-refractivity contribution is -0.138. The number of carbonyl (C=O) groups is 1. The van der Waals surface area contributed by atoms with Crippen molar-refractivity contribution in [1.82, 2.24) is 9.21 Å². The molecule has 150 valence electrons. The van der Waals surface area contributed by atoms with E-state index in [1.54, 1.807) is 11.9 Å². The first-order chi connectivity index (χ1) is 12.8. The van der Waals surface area contributed by atoms with E-state index in [1.165, 1.54) is 15.4 Å². The summed E-state index contributed by atoms with van der Waals surface area (Å²) in [4.78, 5) is 12.4. The fraction of sp³-hybridized carbons (Fsp3) is 0.632. The summed E-state index contributed by atoms with van der Waals surface area (Å²) in [5.74, 6) is -0.366. The largest absolute Gasteiger partial charge is 0.480 e. The normalized spacial score (nSPS) is 21.5. The Labute approximate surface area is 161 Å². The van der Waals surface area contributed by atoms with Gasteiger partial charge in [-0.05, 0) is 43.4 Å². The Morgan fingerprint density at radius 2 is 1.96 bits per heavy atom. The van der Waals surface area contributed by atoms with Crippen LogP contribution in [-0.2, 0) is 32.4 Å². The number of benzene rings is 1. The first-order valence-electron chi connectivity index (χ1n) is 9.40. The first-order valence-corrected chi connectivity index (χ1v) is 11.0. The molecule has 1 aliphatic heterocycles. The highest BCUT2D eigenvalue weighted by molar-refractivity contribution is 7.89. The van der Waals surface area contributed by atoms with E-state index in [9.17, 15) is 13.2 Å². The Morgan fingerprint density at radius 1 is 1.30 bits per heavy atom. The van der Waals surface area contributed by atoms with Crippen LogP contribution < -0.4 is 0 Å². The summed E-state index contributed by atoms with van der Waals surface area (Å²) in [6.07, 6.45) is 2.28. The van der Waals surface area contributed by atoms with Crippen LogP contribution in [0.15, 0.2) is 24.3 Å². The lowest BCUT2D eigenvalue weighted by Crippen LogP contribution is -2.50. The zero-order valence-corrected chi connectivity index (χ0v) is 16.5. The Balaban J connectivity index is 1.50. The van der Waals surface area contributed by atoms with Crippen LogP contribution in [0.5, 0.6) is 0 Å². The Hall–Kier alpha value is -1.48. The second kappa shape index (κ2) is 8.68. The van der Waals surface area contributed by atoms with Crippen LogP contribution >= 0.6 is 0 Å². The molecule has 1 aromatic rings. The summed E-state index contributed by atoms with van der Waals surface area (Å²) in [6.45, 7) is 1.31. The molecule has 0 spiro atoms. The highest BCUT2D eigenvalue weighted by Gasteiger charge is 2.31. The average Bonchev–Trinajstić information content (AvgIpc) is 3.02. The van der Waals surface area contributed by atoms with E-state index < -0.39 is 16.0 Å². The van der Waals surface area contributed by atoms with Crippen molar-refractivity contribution in [1.29, 1.82) is 0 Å². The van der Waals surface area contributed by atoms with Crippen LogP contribution in [0, 0.1) is 5.92 Å². The van der Waals surface area contributed by atoms with Gasteiger partial charge in [-0.1, -0.05) is 24.3 Å². The van der Waals surface area contributed by atoms with E-state index in [0.29, 0.717) is 32.0 Å². The van der Waals surface area contributed by atoms with E-state index in [-0.39, 0.29) is 24.9 Å². The quantitative estimate of drug-likeness (QED) is 0.701. The molecular weight excluding hydrogens is 368 g/mol. The van der Waals surface area contributed by atoms with Crippen molar-refractivity contribution >= 4 is 16.0 Å². The molecule has 1 N–H and O–H groups in total. The van der Waals surface area contributed by atoms with Crippen LogP contribution in [0.3, 0.4) is 0 Å². The van der Waals surface area contributed by atoms with Crippen molar-refractivity contribution in [2.45, 2.75) is 25.4 Å². The number of carboxylic acids is 1. The summed E-state index contributed by atoms with van der Waals surface area (Å²) in [6, 6.07) is 8.33. The first kappa shape index (κ1) is 20.3. The van der Waals surface area contributed by atoms with Crippen LogP contribution in [0.4, 0.5) is 0 Å². The van der Waals surface area contributed by atoms with Gasteiger partial charge in [0.05, 0.1) is 25.0 Å². The molecule has 0 amide bonds. The lowest BCUT2D eigenvalue weighted by atomic mass is 10.0. The lowest BCUT2D eigenvalue weighted by Gasteiger charge is -2.34. The Morgan fingerprint density at radius 3 is 2.59 bits per heavy atom. The van der Waals surface area contributed by atoms with Gasteiger partial charge < -0.3 is 9.84 Å². The van der Waals surface area contributed by atoms with Gasteiger partial charge in [-0.25, -0.2) is 8.42 Å². The van der Waals surface area contributed by atoms with E-state index in [2.05, 4.69) is 12.1 Å². The van der Waals surface area contributed by atoms with Crippen molar-refractivity contribution < 1.29 is 23.1 Å². The number of hydrogen-bond donors (Lipinski definition) is 1. The Bertz CT molecular complexity index is 742. The van der Waals surface area contributed by atoms with Gasteiger partial charge in [-0.15, -0.1) is 0 Å². The maximum absolute atomic E-state index is 12.8.